The number of hydrogen-bond donors (Lipinski definition) is 2. The van der Waals surface area contributed by atoms with Gasteiger partial charge in [0.15, 0.2) is 17.0 Å². The molecule has 0 saturated heterocycles. The van der Waals surface area contributed by atoms with Crippen molar-refractivity contribution in [3.63, 3.8) is 0 Å². The minimum Gasteiger partial charge on any atom is -0.368 e. The Kier molecular flexibility index (Phi) is 2.83. The van der Waals surface area contributed by atoms with Crippen LogP contribution in [0.1, 0.15) is 38.6 Å². The van der Waals surface area contributed by atoms with E-state index in [4.69, 9.17) is 5.73 Å². The van der Waals surface area contributed by atoms with Gasteiger partial charge < -0.3 is 15.6 Å². The van der Waals surface area contributed by atoms with Gasteiger partial charge in [-0.2, -0.15) is 9.97 Å². The Balaban J connectivity index is 1.73. The zero-order valence-electron chi connectivity index (χ0n) is 12.2. The van der Waals surface area contributed by atoms with Crippen molar-refractivity contribution >= 4 is 22.9 Å². The lowest BCUT2D eigenvalue weighted by Gasteiger charge is -2.13. The summed E-state index contributed by atoms with van der Waals surface area (Å²) in [6, 6.07) is 0.839. The summed E-state index contributed by atoms with van der Waals surface area (Å²) in [6.45, 7) is 2.22. The van der Waals surface area contributed by atoms with E-state index in [0.717, 1.165) is 23.4 Å². The van der Waals surface area contributed by atoms with Crippen LogP contribution >= 0.6 is 0 Å². The fraction of sp³-hybridized carbons (Fsp3) is 0.533. The Morgan fingerprint density at radius 3 is 2.90 bits per heavy atom. The molecule has 1 fully saturated rings. The molecular weight excluding hydrogens is 264 g/mol. The molecule has 0 unspecified atom stereocenters. The van der Waals surface area contributed by atoms with Gasteiger partial charge in [-0.3, -0.25) is 0 Å². The molecule has 6 nitrogen and oxygen atoms in total. The van der Waals surface area contributed by atoms with E-state index in [1.165, 1.54) is 19.3 Å². The molecule has 110 valence electrons. The van der Waals surface area contributed by atoms with Crippen molar-refractivity contribution in [1.29, 1.82) is 0 Å². The van der Waals surface area contributed by atoms with Gasteiger partial charge in [0.1, 0.15) is 0 Å². The molecule has 0 spiro atoms. The van der Waals surface area contributed by atoms with Gasteiger partial charge in [-0.05, 0) is 31.6 Å². The summed E-state index contributed by atoms with van der Waals surface area (Å²) < 4.78 is 2.12. The summed E-state index contributed by atoms with van der Waals surface area (Å²) in [5.41, 5.74) is 7.53. The number of nitrogens with one attached hydrogen (secondary N) is 1. The SMILES string of the molecule is CC[C@H]1C=C[C@@H](n2cnc3c(NC4CC4)nc(N)nc32)C1. The van der Waals surface area contributed by atoms with E-state index in [2.05, 4.69) is 43.9 Å². The minimum absolute atomic E-state index is 0.307. The van der Waals surface area contributed by atoms with Gasteiger partial charge >= 0.3 is 0 Å². The lowest BCUT2D eigenvalue weighted by atomic mass is 10.1. The molecule has 3 N–H and O–H groups in total. The number of fused-ring (bicyclic) bond motifs is 1. The minimum atomic E-state index is 0.307. The third-order valence-corrected chi connectivity index (χ3v) is 4.39. The van der Waals surface area contributed by atoms with Crippen LogP contribution in [0.25, 0.3) is 11.2 Å². The van der Waals surface area contributed by atoms with Gasteiger partial charge in [-0.1, -0.05) is 19.1 Å². The number of anilines is 2. The topological polar surface area (TPSA) is 81.7 Å². The predicted molar refractivity (Wildman–Crippen MR) is 83.0 cm³/mol. The van der Waals surface area contributed by atoms with E-state index in [1.807, 2.05) is 6.33 Å². The van der Waals surface area contributed by atoms with Crippen molar-refractivity contribution in [2.24, 2.45) is 5.92 Å². The lowest BCUT2D eigenvalue weighted by molar-refractivity contribution is 0.502. The van der Waals surface area contributed by atoms with Crippen LogP contribution in [0.2, 0.25) is 0 Å². The number of rotatable bonds is 4. The van der Waals surface area contributed by atoms with Gasteiger partial charge in [-0.25, -0.2) is 4.98 Å². The second-order valence-corrected chi connectivity index (χ2v) is 6.03. The van der Waals surface area contributed by atoms with Crippen molar-refractivity contribution in [3.8, 4) is 0 Å². The highest BCUT2D eigenvalue weighted by atomic mass is 15.2. The van der Waals surface area contributed by atoms with Crippen LogP contribution in [0.5, 0.6) is 0 Å². The van der Waals surface area contributed by atoms with Crippen LogP contribution in [0, 0.1) is 5.92 Å². The summed E-state index contributed by atoms with van der Waals surface area (Å²) in [7, 11) is 0. The predicted octanol–water partition coefficient (Wildman–Crippen LogP) is 2.51. The molecule has 0 bridgehead atoms. The van der Waals surface area contributed by atoms with E-state index in [-0.39, 0.29) is 0 Å². The molecule has 1 saturated carbocycles. The Morgan fingerprint density at radius 1 is 1.33 bits per heavy atom. The maximum atomic E-state index is 5.88. The van der Waals surface area contributed by atoms with Crippen molar-refractivity contribution in [3.05, 3.63) is 18.5 Å². The fourth-order valence-corrected chi connectivity index (χ4v) is 2.96. The van der Waals surface area contributed by atoms with Crippen molar-refractivity contribution in [1.82, 2.24) is 19.5 Å². The normalized spacial score (nSPS) is 24.8. The molecule has 2 aliphatic rings. The first-order valence-electron chi connectivity index (χ1n) is 7.69. The molecule has 0 amide bonds. The zero-order chi connectivity index (χ0) is 14.4. The quantitative estimate of drug-likeness (QED) is 0.843. The maximum Gasteiger partial charge on any atom is 0.224 e. The number of aromatic nitrogens is 4. The number of nitrogen functional groups attached to an aromatic ring is 1. The van der Waals surface area contributed by atoms with E-state index in [9.17, 15) is 0 Å². The molecule has 0 radical (unpaired) electrons. The van der Waals surface area contributed by atoms with Gasteiger partial charge in [-0.15, -0.1) is 0 Å². The summed E-state index contributed by atoms with van der Waals surface area (Å²) >= 11 is 0. The number of nitrogens with zero attached hydrogens (tertiary/aromatic N) is 4. The van der Waals surface area contributed by atoms with Crippen LogP contribution in [0.15, 0.2) is 18.5 Å². The molecule has 2 aromatic heterocycles. The average molecular weight is 284 g/mol. The van der Waals surface area contributed by atoms with Crippen LogP contribution in [-0.2, 0) is 0 Å². The van der Waals surface area contributed by atoms with Crippen molar-refractivity contribution < 1.29 is 0 Å². The number of allylic oxidation sites excluding steroid dienone is 2. The third-order valence-electron chi connectivity index (χ3n) is 4.39. The second kappa shape index (κ2) is 4.72. The van der Waals surface area contributed by atoms with Crippen LogP contribution < -0.4 is 11.1 Å². The monoisotopic (exact) mass is 284 g/mol. The molecule has 2 heterocycles. The molecule has 6 heteroatoms. The summed E-state index contributed by atoms with van der Waals surface area (Å²) in [4.78, 5) is 13.2. The van der Waals surface area contributed by atoms with Crippen LogP contribution in [0.4, 0.5) is 11.8 Å². The standard InChI is InChI=1S/C15H20N6/c1-2-9-3-6-11(7-9)21-8-17-12-13(18-10-4-5-10)19-15(16)20-14(12)21/h3,6,8-11H,2,4-5,7H2,1H3,(H3,16,18,19,20)/t9-,11+/m0/s1. The molecule has 4 rings (SSSR count). The van der Waals surface area contributed by atoms with E-state index in [1.54, 1.807) is 0 Å². The smallest absolute Gasteiger partial charge is 0.224 e. The van der Waals surface area contributed by atoms with Gasteiger partial charge in [0.2, 0.25) is 5.95 Å². The molecule has 2 aromatic rings. The first kappa shape index (κ1) is 12.6. The van der Waals surface area contributed by atoms with Crippen LogP contribution in [0.3, 0.4) is 0 Å². The zero-order valence-corrected chi connectivity index (χ0v) is 12.2. The van der Waals surface area contributed by atoms with Crippen molar-refractivity contribution in [2.45, 2.75) is 44.7 Å². The summed E-state index contributed by atoms with van der Waals surface area (Å²) in [5.74, 6) is 1.73. The van der Waals surface area contributed by atoms with Crippen LogP contribution in [-0.4, -0.2) is 25.6 Å². The Bertz CT molecular complexity index is 699. The van der Waals surface area contributed by atoms with Gasteiger partial charge in [0.25, 0.3) is 0 Å². The number of imidazole rings is 1. The average Bonchev–Trinajstić information content (AvgIpc) is 3.01. The highest BCUT2D eigenvalue weighted by Crippen LogP contribution is 2.33. The molecule has 2 atom stereocenters. The summed E-state index contributed by atoms with van der Waals surface area (Å²) in [6.07, 6.45) is 11.1. The lowest BCUT2D eigenvalue weighted by Crippen LogP contribution is -2.09. The number of nitrogens with two attached hydrogens (primary N) is 1. The molecular formula is C15H20N6. The molecule has 21 heavy (non-hydrogen) atoms. The number of hydrogen-bond acceptors (Lipinski definition) is 5. The first-order valence-corrected chi connectivity index (χ1v) is 7.69. The van der Waals surface area contributed by atoms with Gasteiger partial charge in [0, 0.05) is 6.04 Å². The second-order valence-electron chi connectivity index (χ2n) is 6.03. The highest BCUT2D eigenvalue weighted by molar-refractivity contribution is 5.84. The van der Waals surface area contributed by atoms with Gasteiger partial charge in [0.05, 0.1) is 12.4 Å². The van der Waals surface area contributed by atoms with E-state index >= 15 is 0 Å². The third kappa shape index (κ3) is 2.24. The molecule has 0 aromatic carbocycles. The van der Waals surface area contributed by atoms with Crippen molar-refractivity contribution in [2.75, 3.05) is 11.1 Å². The maximum absolute atomic E-state index is 5.88. The summed E-state index contributed by atoms with van der Waals surface area (Å²) in [5, 5.41) is 3.40. The largest absolute Gasteiger partial charge is 0.368 e. The Morgan fingerprint density at radius 2 is 2.19 bits per heavy atom. The van der Waals surface area contributed by atoms with E-state index in [0.29, 0.717) is 23.9 Å². The Labute approximate surface area is 123 Å². The molecule has 0 aliphatic heterocycles. The first-order chi connectivity index (χ1) is 10.2. The fourth-order valence-electron chi connectivity index (χ4n) is 2.96. The Hall–Kier alpha value is -2.11. The van der Waals surface area contributed by atoms with E-state index < -0.39 is 0 Å². The molecule has 2 aliphatic carbocycles. The highest BCUT2D eigenvalue weighted by Gasteiger charge is 2.25.